The maximum absolute atomic E-state index is 11.8. The van der Waals surface area contributed by atoms with Crippen molar-refractivity contribution < 1.29 is 4.79 Å². The van der Waals surface area contributed by atoms with E-state index >= 15 is 0 Å². The molecule has 1 heterocycles. The molecule has 1 rings (SSSR count). The highest BCUT2D eigenvalue weighted by Crippen LogP contribution is 2.13. The Balaban J connectivity index is 2.56. The Bertz CT molecular complexity index is 360. The standard InChI is InChI=1S/C11H15ClN2OS/c1-8(4-6-16-2)14-11(15)9-7-13-5-3-10(9)12/h3,5,7-8H,4,6H2,1-2H3,(H,14,15). The SMILES string of the molecule is CSCCC(C)NC(=O)c1cnccc1Cl. The second-order valence-corrected chi connectivity index (χ2v) is 4.90. The lowest BCUT2D eigenvalue weighted by Gasteiger charge is -2.13. The van der Waals surface area contributed by atoms with E-state index in [4.69, 9.17) is 11.6 Å². The number of carbonyl (C=O) groups is 1. The summed E-state index contributed by atoms with van der Waals surface area (Å²) in [5, 5.41) is 3.33. The smallest absolute Gasteiger partial charge is 0.254 e. The van der Waals surface area contributed by atoms with Crippen LogP contribution in [0.3, 0.4) is 0 Å². The number of nitrogens with zero attached hydrogens (tertiary/aromatic N) is 1. The van der Waals surface area contributed by atoms with Crippen LogP contribution in [-0.2, 0) is 0 Å². The molecule has 0 aliphatic rings. The molecule has 0 aromatic carbocycles. The molecule has 1 atom stereocenters. The number of hydrogen-bond acceptors (Lipinski definition) is 3. The van der Waals surface area contributed by atoms with Gasteiger partial charge in [0.1, 0.15) is 0 Å². The maximum Gasteiger partial charge on any atom is 0.254 e. The van der Waals surface area contributed by atoms with E-state index in [1.54, 1.807) is 24.0 Å². The lowest BCUT2D eigenvalue weighted by molar-refractivity contribution is 0.0939. The van der Waals surface area contributed by atoms with Crippen LogP contribution in [0, 0.1) is 0 Å². The number of carbonyl (C=O) groups excluding carboxylic acids is 1. The van der Waals surface area contributed by atoms with Gasteiger partial charge in [0.05, 0.1) is 10.6 Å². The molecule has 0 saturated heterocycles. The highest BCUT2D eigenvalue weighted by atomic mass is 35.5. The number of amides is 1. The Kier molecular flexibility index (Phi) is 5.63. The molecule has 88 valence electrons. The molecule has 16 heavy (non-hydrogen) atoms. The fraction of sp³-hybridized carbons (Fsp3) is 0.455. The van der Waals surface area contributed by atoms with Gasteiger partial charge in [-0.05, 0) is 31.4 Å². The third kappa shape index (κ3) is 4.02. The lowest BCUT2D eigenvalue weighted by atomic mass is 10.2. The molecule has 5 heteroatoms. The third-order valence-corrected chi connectivity index (χ3v) is 3.12. The van der Waals surface area contributed by atoms with Crippen LogP contribution in [0.5, 0.6) is 0 Å². The van der Waals surface area contributed by atoms with E-state index < -0.39 is 0 Å². The van der Waals surface area contributed by atoms with Crippen LogP contribution in [0.2, 0.25) is 5.02 Å². The van der Waals surface area contributed by atoms with Crippen molar-refractivity contribution >= 4 is 29.3 Å². The number of pyridine rings is 1. The minimum absolute atomic E-state index is 0.149. The summed E-state index contributed by atoms with van der Waals surface area (Å²) in [6, 6.07) is 1.76. The second kappa shape index (κ2) is 6.76. The van der Waals surface area contributed by atoms with E-state index in [-0.39, 0.29) is 11.9 Å². The Morgan fingerprint density at radius 3 is 3.06 bits per heavy atom. The normalized spacial score (nSPS) is 12.2. The Morgan fingerprint density at radius 2 is 2.44 bits per heavy atom. The van der Waals surface area contributed by atoms with Crippen molar-refractivity contribution in [3.05, 3.63) is 29.0 Å². The summed E-state index contributed by atoms with van der Waals surface area (Å²) in [6.07, 6.45) is 6.05. The molecule has 1 amide bonds. The number of nitrogens with one attached hydrogen (secondary N) is 1. The number of halogens is 1. The quantitative estimate of drug-likeness (QED) is 0.883. The Labute approximate surface area is 105 Å². The van der Waals surface area contributed by atoms with Gasteiger partial charge in [-0.25, -0.2) is 0 Å². The molecule has 1 N–H and O–H groups in total. The first-order chi connectivity index (χ1) is 7.65. The van der Waals surface area contributed by atoms with Crippen LogP contribution in [0.25, 0.3) is 0 Å². The monoisotopic (exact) mass is 258 g/mol. The number of aromatic nitrogens is 1. The molecule has 0 aliphatic carbocycles. The predicted octanol–water partition coefficient (Wildman–Crippen LogP) is 2.61. The van der Waals surface area contributed by atoms with Crippen LogP contribution >= 0.6 is 23.4 Å². The zero-order valence-electron chi connectivity index (χ0n) is 9.37. The summed E-state index contributed by atoms with van der Waals surface area (Å²) in [6.45, 7) is 1.98. The van der Waals surface area contributed by atoms with Gasteiger partial charge in [0.25, 0.3) is 5.91 Å². The molecule has 0 fully saturated rings. The van der Waals surface area contributed by atoms with Crippen LogP contribution in [-0.4, -0.2) is 28.9 Å². The van der Waals surface area contributed by atoms with Gasteiger partial charge in [-0.15, -0.1) is 0 Å². The van der Waals surface area contributed by atoms with E-state index in [1.165, 1.54) is 6.20 Å². The van der Waals surface area contributed by atoms with Crippen molar-refractivity contribution in [3.8, 4) is 0 Å². The minimum atomic E-state index is -0.160. The second-order valence-electron chi connectivity index (χ2n) is 3.51. The van der Waals surface area contributed by atoms with E-state index in [1.807, 2.05) is 13.2 Å². The van der Waals surface area contributed by atoms with Gasteiger partial charge in [-0.2, -0.15) is 11.8 Å². The number of thioether (sulfide) groups is 1. The zero-order valence-corrected chi connectivity index (χ0v) is 10.9. The topological polar surface area (TPSA) is 42.0 Å². The summed E-state index contributed by atoms with van der Waals surface area (Å²) in [5.41, 5.74) is 0.431. The average Bonchev–Trinajstić information content (AvgIpc) is 2.26. The van der Waals surface area contributed by atoms with Crippen molar-refractivity contribution in [2.24, 2.45) is 0 Å². The van der Waals surface area contributed by atoms with Crippen LogP contribution < -0.4 is 5.32 Å². The Morgan fingerprint density at radius 1 is 1.69 bits per heavy atom. The first-order valence-corrected chi connectivity index (χ1v) is 6.81. The van der Waals surface area contributed by atoms with Gasteiger partial charge >= 0.3 is 0 Å². The third-order valence-electron chi connectivity index (χ3n) is 2.14. The Hall–Kier alpha value is -0.740. The van der Waals surface area contributed by atoms with Crippen molar-refractivity contribution in [2.75, 3.05) is 12.0 Å². The highest BCUT2D eigenvalue weighted by Gasteiger charge is 2.12. The van der Waals surface area contributed by atoms with Gasteiger partial charge in [-0.1, -0.05) is 11.6 Å². The largest absolute Gasteiger partial charge is 0.349 e. The molecule has 1 unspecified atom stereocenters. The van der Waals surface area contributed by atoms with Crippen molar-refractivity contribution in [1.82, 2.24) is 10.3 Å². The minimum Gasteiger partial charge on any atom is -0.349 e. The van der Waals surface area contributed by atoms with E-state index in [0.29, 0.717) is 10.6 Å². The van der Waals surface area contributed by atoms with Crippen LogP contribution in [0.4, 0.5) is 0 Å². The maximum atomic E-state index is 11.8. The summed E-state index contributed by atoms with van der Waals surface area (Å²) < 4.78 is 0. The molecule has 0 aliphatic heterocycles. The van der Waals surface area contributed by atoms with Crippen molar-refractivity contribution in [2.45, 2.75) is 19.4 Å². The summed E-state index contributed by atoms with van der Waals surface area (Å²) in [5.74, 6) is 0.870. The van der Waals surface area contributed by atoms with Gasteiger partial charge in [0.15, 0.2) is 0 Å². The predicted molar refractivity (Wildman–Crippen MR) is 69.2 cm³/mol. The summed E-state index contributed by atoms with van der Waals surface area (Å²) in [4.78, 5) is 15.7. The van der Waals surface area contributed by atoms with Gasteiger partial charge in [-0.3, -0.25) is 9.78 Å². The van der Waals surface area contributed by atoms with E-state index in [2.05, 4.69) is 10.3 Å². The molecule has 0 radical (unpaired) electrons. The molecule has 1 aromatic rings. The van der Waals surface area contributed by atoms with E-state index in [9.17, 15) is 4.79 Å². The van der Waals surface area contributed by atoms with Gasteiger partial charge in [0, 0.05) is 18.4 Å². The first kappa shape index (κ1) is 13.3. The number of rotatable bonds is 5. The van der Waals surface area contributed by atoms with Crippen molar-refractivity contribution in [3.63, 3.8) is 0 Å². The average molecular weight is 259 g/mol. The summed E-state index contributed by atoms with van der Waals surface area (Å²) in [7, 11) is 0. The molecule has 0 spiro atoms. The van der Waals surface area contributed by atoms with Gasteiger partial charge < -0.3 is 5.32 Å². The molecular formula is C11H15ClN2OS. The lowest BCUT2D eigenvalue weighted by Crippen LogP contribution is -2.33. The van der Waals surface area contributed by atoms with E-state index in [0.717, 1.165) is 12.2 Å². The summed E-state index contributed by atoms with van der Waals surface area (Å²) >= 11 is 7.67. The van der Waals surface area contributed by atoms with Crippen LogP contribution in [0.1, 0.15) is 23.7 Å². The highest BCUT2D eigenvalue weighted by molar-refractivity contribution is 7.98. The molecule has 0 bridgehead atoms. The fourth-order valence-electron chi connectivity index (χ4n) is 1.21. The molecular weight excluding hydrogens is 244 g/mol. The van der Waals surface area contributed by atoms with Gasteiger partial charge in [0.2, 0.25) is 0 Å². The van der Waals surface area contributed by atoms with Crippen molar-refractivity contribution in [1.29, 1.82) is 0 Å². The molecule has 1 aromatic heterocycles. The fourth-order valence-corrected chi connectivity index (χ4v) is 1.99. The first-order valence-electron chi connectivity index (χ1n) is 5.04. The number of hydrogen-bond donors (Lipinski definition) is 1. The van der Waals surface area contributed by atoms with Crippen LogP contribution in [0.15, 0.2) is 18.5 Å². The zero-order chi connectivity index (χ0) is 12.0. The molecule has 3 nitrogen and oxygen atoms in total. The molecule has 0 saturated carbocycles.